The van der Waals surface area contributed by atoms with Crippen molar-refractivity contribution < 1.29 is 9.47 Å². The molecular formula is C15H24O2. The lowest BCUT2D eigenvalue weighted by Gasteiger charge is -2.49. The second-order valence-corrected chi connectivity index (χ2v) is 5.94. The number of ether oxygens (including phenoxy) is 2. The predicted octanol–water partition coefficient (Wildman–Crippen LogP) is 3.54. The SMILES string of the molecule is C=C(C)C1OCC2(CO1)[C@H](C)C=C(C)C[C@@H]2C. The van der Waals surface area contributed by atoms with Crippen LogP contribution in [0.5, 0.6) is 0 Å². The van der Waals surface area contributed by atoms with Crippen molar-refractivity contribution in [3.63, 3.8) is 0 Å². The molecule has 0 N–H and O–H groups in total. The summed E-state index contributed by atoms with van der Waals surface area (Å²) in [4.78, 5) is 0. The lowest BCUT2D eigenvalue weighted by atomic mass is 9.63. The average molecular weight is 236 g/mol. The molecular weight excluding hydrogens is 212 g/mol. The molecule has 17 heavy (non-hydrogen) atoms. The van der Waals surface area contributed by atoms with Crippen LogP contribution in [-0.4, -0.2) is 19.5 Å². The molecule has 1 aliphatic carbocycles. The normalized spacial score (nSPS) is 42.4. The third-order valence-electron chi connectivity index (χ3n) is 4.46. The molecule has 1 fully saturated rings. The maximum atomic E-state index is 5.86. The third-order valence-corrected chi connectivity index (χ3v) is 4.46. The minimum Gasteiger partial charge on any atom is -0.348 e. The number of hydrogen-bond acceptors (Lipinski definition) is 2. The molecule has 0 bridgehead atoms. The average Bonchev–Trinajstić information content (AvgIpc) is 2.26. The lowest BCUT2D eigenvalue weighted by Crippen LogP contribution is -2.51. The van der Waals surface area contributed by atoms with Gasteiger partial charge in [-0.25, -0.2) is 0 Å². The Morgan fingerprint density at radius 1 is 1.35 bits per heavy atom. The van der Waals surface area contributed by atoms with Gasteiger partial charge in [-0.05, 0) is 37.7 Å². The highest BCUT2D eigenvalue weighted by atomic mass is 16.7. The maximum absolute atomic E-state index is 5.86. The molecule has 0 unspecified atom stereocenters. The number of allylic oxidation sites excluding steroid dienone is 2. The standard InChI is InChI=1S/C15H24O2/c1-10(2)14-16-8-15(9-17-14)12(4)6-11(3)7-13(15)5/h6,12-14H,1,7-9H2,2-5H3/t12-,13+,14?,15?/m1/s1. The van der Waals surface area contributed by atoms with Crippen LogP contribution in [-0.2, 0) is 9.47 Å². The number of rotatable bonds is 1. The van der Waals surface area contributed by atoms with Crippen molar-refractivity contribution in [1.29, 1.82) is 0 Å². The molecule has 2 rings (SSSR count). The Kier molecular flexibility index (Phi) is 3.46. The van der Waals surface area contributed by atoms with Gasteiger partial charge in [0.25, 0.3) is 0 Å². The van der Waals surface area contributed by atoms with E-state index in [1.54, 1.807) is 0 Å². The van der Waals surface area contributed by atoms with E-state index in [2.05, 4.69) is 33.4 Å². The topological polar surface area (TPSA) is 18.5 Å². The Morgan fingerprint density at radius 3 is 2.41 bits per heavy atom. The van der Waals surface area contributed by atoms with Crippen LogP contribution in [0.25, 0.3) is 0 Å². The van der Waals surface area contributed by atoms with E-state index in [-0.39, 0.29) is 11.7 Å². The fourth-order valence-corrected chi connectivity index (χ4v) is 3.18. The van der Waals surface area contributed by atoms with E-state index in [1.807, 2.05) is 6.92 Å². The third kappa shape index (κ3) is 2.21. The highest BCUT2D eigenvalue weighted by Gasteiger charge is 2.46. The van der Waals surface area contributed by atoms with Crippen LogP contribution in [0.4, 0.5) is 0 Å². The number of hydrogen-bond donors (Lipinski definition) is 0. The van der Waals surface area contributed by atoms with Crippen LogP contribution in [0.15, 0.2) is 23.8 Å². The zero-order valence-corrected chi connectivity index (χ0v) is 11.5. The van der Waals surface area contributed by atoms with E-state index in [1.165, 1.54) is 5.57 Å². The van der Waals surface area contributed by atoms with Crippen LogP contribution in [0.1, 0.15) is 34.1 Å². The fraction of sp³-hybridized carbons (Fsp3) is 0.733. The minimum atomic E-state index is -0.202. The van der Waals surface area contributed by atoms with E-state index < -0.39 is 0 Å². The summed E-state index contributed by atoms with van der Waals surface area (Å²) in [5.41, 5.74) is 2.62. The van der Waals surface area contributed by atoms with E-state index in [0.717, 1.165) is 25.2 Å². The summed E-state index contributed by atoms with van der Waals surface area (Å²) in [6.07, 6.45) is 3.34. The van der Waals surface area contributed by atoms with Crippen molar-refractivity contribution in [2.24, 2.45) is 17.3 Å². The molecule has 0 amide bonds. The molecule has 0 saturated carbocycles. The summed E-state index contributed by atoms with van der Waals surface area (Å²) in [7, 11) is 0. The molecule has 0 radical (unpaired) electrons. The van der Waals surface area contributed by atoms with E-state index in [9.17, 15) is 0 Å². The fourth-order valence-electron chi connectivity index (χ4n) is 3.18. The van der Waals surface area contributed by atoms with Gasteiger partial charge in [0.1, 0.15) is 0 Å². The van der Waals surface area contributed by atoms with Gasteiger partial charge in [-0.15, -0.1) is 0 Å². The van der Waals surface area contributed by atoms with Gasteiger partial charge in [0.15, 0.2) is 6.29 Å². The molecule has 0 aromatic rings. The van der Waals surface area contributed by atoms with E-state index >= 15 is 0 Å². The van der Waals surface area contributed by atoms with Gasteiger partial charge in [0.05, 0.1) is 13.2 Å². The first kappa shape index (κ1) is 12.8. The summed E-state index contributed by atoms with van der Waals surface area (Å²) < 4.78 is 11.7. The van der Waals surface area contributed by atoms with Gasteiger partial charge in [0, 0.05) is 5.41 Å². The molecule has 2 aliphatic rings. The quantitative estimate of drug-likeness (QED) is 0.648. The monoisotopic (exact) mass is 236 g/mol. The van der Waals surface area contributed by atoms with Crippen LogP contribution in [0.3, 0.4) is 0 Å². The van der Waals surface area contributed by atoms with Crippen LogP contribution in [0.2, 0.25) is 0 Å². The zero-order chi connectivity index (χ0) is 12.6. The molecule has 96 valence electrons. The summed E-state index contributed by atoms with van der Waals surface area (Å²) in [6, 6.07) is 0. The van der Waals surface area contributed by atoms with Crippen molar-refractivity contribution >= 4 is 0 Å². The van der Waals surface area contributed by atoms with Gasteiger partial charge >= 0.3 is 0 Å². The summed E-state index contributed by atoms with van der Waals surface area (Å²) >= 11 is 0. The van der Waals surface area contributed by atoms with Gasteiger partial charge in [-0.2, -0.15) is 0 Å². The van der Waals surface area contributed by atoms with Crippen LogP contribution >= 0.6 is 0 Å². The van der Waals surface area contributed by atoms with Gasteiger partial charge in [-0.3, -0.25) is 0 Å². The predicted molar refractivity (Wildman–Crippen MR) is 69.6 cm³/mol. The van der Waals surface area contributed by atoms with Gasteiger partial charge in [-0.1, -0.05) is 32.1 Å². The Labute approximate surface area is 105 Å². The van der Waals surface area contributed by atoms with Crippen molar-refractivity contribution in [2.75, 3.05) is 13.2 Å². The molecule has 1 aliphatic heterocycles. The molecule has 1 heterocycles. The Balaban J connectivity index is 2.14. The van der Waals surface area contributed by atoms with Crippen LogP contribution < -0.4 is 0 Å². The first-order valence-electron chi connectivity index (χ1n) is 6.51. The maximum Gasteiger partial charge on any atom is 0.179 e. The minimum absolute atomic E-state index is 0.158. The smallest absolute Gasteiger partial charge is 0.179 e. The lowest BCUT2D eigenvalue weighted by molar-refractivity contribution is -0.234. The summed E-state index contributed by atoms with van der Waals surface area (Å²) in [6.45, 7) is 14.3. The molecule has 2 atom stereocenters. The highest BCUT2D eigenvalue weighted by molar-refractivity contribution is 5.14. The van der Waals surface area contributed by atoms with E-state index in [0.29, 0.717) is 11.8 Å². The van der Waals surface area contributed by atoms with Crippen molar-refractivity contribution in [2.45, 2.75) is 40.4 Å². The van der Waals surface area contributed by atoms with Gasteiger partial charge in [0.2, 0.25) is 0 Å². The van der Waals surface area contributed by atoms with Crippen molar-refractivity contribution in [3.05, 3.63) is 23.8 Å². The van der Waals surface area contributed by atoms with E-state index in [4.69, 9.17) is 9.47 Å². The Hall–Kier alpha value is -0.600. The Bertz CT molecular complexity index is 335. The largest absolute Gasteiger partial charge is 0.348 e. The summed E-state index contributed by atoms with van der Waals surface area (Å²) in [5, 5.41) is 0. The second-order valence-electron chi connectivity index (χ2n) is 5.94. The van der Waals surface area contributed by atoms with Crippen LogP contribution in [0, 0.1) is 17.3 Å². The molecule has 0 aromatic heterocycles. The Morgan fingerprint density at radius 2 is 1.94 bits per heavy atom. The molecule has 1 saturated heterocycles. The van der Waals surface area contributed by atoms with Crippen molar-refractivity contribution in [3.8, 4) is 0 Å². The van der Waals surface area contributed by atoms with Crippen molar-refractivity contribution in [1.82, 2.24) is 0 Å². The molecule has 1 spiro atoms. The summed E-state index contributed by atoms with van der Waals surface area (Å²) in [5.74, 6) is 1.14. The zero-order valence-electron chi connectivity index (χ0n) is 11.5. The first-order valence-corrected chi connectivity index (χ1v) is 6.51. The first-order chi connectivity index (χ1) is 7.95. The van der Waals surface area contributed by atoms with Gasteiger partial charge < -0.3 is 9.47 Å². The second kappa shape index (κ2) is 4.58. The molecule has 2 nitrogen and oxygen atoms in total. The molecule has 2 heteroatoms. The molecule has 0 aromatic carbocycles. The highest BCUT2D eigenvalue weighted by Crippen LogP contribution is 2.47.